The van der Waals surface area contributed by atoms with E-state index in [4.69, 9.17) is 9.26 Å². The van der Waals surface area contributed by atoms with Gasteiger partial charge in [0.15, 0.2) is 0 Å². The van der Waals surface area contributed by atoms with Gasteiger partial charge in [-0.2, -0.15) is 0 Å². The van der Waals surface area contributed by atoms with Crippen LogP contribution in [-0.4, -0.2) is 55.9 Å². The molecule has 1 atom stereocenters. The molecule has 0 aromatic carbocycles. The molecule has 0 spiro atoms. The molecule has 0 unspecified atom stereocenters. The van der Waals surface area contributed by atoms with Gasteiger partial charge in [0, 0.05) is 12.6 Å². The van der Waals surface area contributed by atoms with E-state index in [0.29, 0.717) is 56.4 Å². The number of hydrogen-bond acceptors (Lipinski definition) is 7. The number of aromatic nitrogens is 1. The lowest BCUT2D eigenvalue weighted by molar-refractivity contribution is -0.118. The summed E-state index contributed by atoms with van der Waals surface area (Å²) in [5.41, 5.74) is 0.521. The molecule has 3 amide bonds. The highest BCUT2D eigenvalue weighted by Crippen LogP contribution is 2.30. The number of carbonyl (C=O) groups is 2. The minimum atomic E-state index is -3.52. The number of imide groups is 1. The molecule has 1 saturated heterocycles. The average molecular weight is 457 g/mol. The van der Waals surface area contributed by atoms with Crippen LogP contribution in [0.3, 0.4) is 0 Å². The molecule has 1 aromatic rings. The van der Waals surface area contributed by atoms with Gasteiger partial charge in [-0.05, 0) is 43.9 Å². The first-order valence-corrected chi connectivity index (χ1v) is 12.6. The normalized spacial score (nSPS) is 18.0. The highest BCUT2D eigenvalue weighted by molar-refractivity contribution is 7.89. The minimum Gasteiger partial charge on any atom is -0.463 e. The number of sulfonamides is 1. The van der Waals surface area contributed by atoms with Crippen LogP contribution in [0.2, 0.25) is 0 Å². The minimum absolute atomic E-state index is 0.0182. The first kappa shape index (κ1) is 23.5. The maximum atomic E-state index is 12.6. The number of nitrogens with zero attached hydrogens (tertiary/aromatic N) is 2. The Morgan fingerprint density at radius 2 is 2.06 bits per heavy atom. The van der Waals surface area contributed by atoms with Crippen LogP contribution in [0.4, 0.5) is 4.79 Å². The van der Waals surface area contributed by atoms with Gasteiger partial charge in [-0.1, -0.05) is 25.4 Å². The van der Waals surface area contributed by atoms with Gasteiger partial charge in [0.05, 0.1) is 18.4 Å². The van der Waals surface area contributed by atoms with E-state index >= 15 is 0 Å². The first-order valence-electron chi connectivity index (χ1n) is 10.9. The Hall–Kier alpha value is -2.14. The summed E-state index contributed by atoms with van der Waals surface area (Å²) in [7, 11) is -3.52. The molecule has 2 heterocycles. The van der Waals surface area contributed by atoms with Crippen LogP contribution in [0.5, 0.6) is 5.95 Å². The van der Waals surface area contributed by atoms with Crippen molar-refractivity contribution in [3.8, 4) is 5.95 Å². The molecule has 3 rings (SSSR count). The summed E-state index contributed by atoms with van der Waals surface area (Å²) in [5, 5.41) is 6.24. The zero-order valence-electron chi connectivity index (χ0n) is 18.1. The summed E-state index contributed by atoms with van der Waals surface area (Å²) in [6.45, 7) is 5.14. The number of ether oxygens (including phenoxy) is 1. The monoisotopic (exact) mass is 456 g/mol. The van der Waals surface area contributed by atoms with Crippen molar-refractivity contribution in [2.75, 3.05) is 25.4 Å². The van der Waals surface area contributed by atoms with E-state index in [1.165, 1.54) is 17.7 Å². The van der Waals surface area contributed by atoms with Gasteiger partial charge < -0.3 is 14.2 Å². The fourth-order valence-electron chi connectivity index (χ4n) is 3.40. The van der Waals surface area contributed by atoms with Crippen molar-refractivity contribution in [3.63, 3.8) is 0 Å². The smallest absolute Gasteiger partial charge is 0.324 e. The molecule has 1 aliphatic carbocycles. The number of unbranched alkanes of at least 4 members (excludes halogenated alkanes) is 2. The Balaban J connectivity index is 1.45. The number of nitrogens with one attached hydrogen (secondary N) is 2. The number of urea groups is 1. The number of hydrogen-bond donors (Lipinski definition) is 2. The Bertz CT molecular complexity index is 865. The maximum absolute atomic E-state index is 12.6. The lowest BCUT2D eigenvalue weighted by Crippen LogP contribution is -2.32. The summed E-state index contributed by atoms with van der Waals surface area (Å²) in [4.78, 5) is 24.1. The molecule has 2 aliphatic rings. The first-order chi connectivity index (χ1) is 14.7. The molecule has 1 aromatic heterocycles. The molecule has 2 N–H and O–H groups in total. The molecular formula is C20H32N4O6S. The van der Waals surface area contributed by atoms with Crippen molar-refractivity contribution in [1.82, 2.24) is 20.1 Å². The second-order valence-electron chi connectivity index (χ2n) is 8.78. The van der Waals surface area contributed by atoms with Gasteiger partial charge >= 0.3 is 12.0 Å². The zero-order chi connectivity index (χ0) is 22.4. The highest BCUT2D eigenvalue weighted by Gasteiger charge is 2.27. The molecule has 0 bridgehead atoms. The van der Waals surface area contributed by atoms with Crippen molar-refractivity contribution in [1.29, 1.82) is 0 Å². The van der Waals surface area contributed by atoms with Crippen LogP contribution in [0, 0.1) is 11.8 Å². The van der Waals surface area contributed by atoms with Crippen molar-refractivity contribution in [2.24, 2.45) is 11.8 Å². The fourth-order valence-corrected chi connectivity index (χ4v) is 4.75. The highest BCUT2D eigenvalue weighted by atomic mass is 32.2. The van der Waals surface area contributed by atoms with Crippen molar-refractivity contribution in [3.05, 3.63) is 11.8 Å². The lowest BCUT2D eigenvalue weighted by atomic mass is 10.0. The Labute approximate surface area is 183 Å². The summed E-state index contributed by atoms with van der Waals surface area (Å²) in [5.74, 6) is 0.838. The van der Waals surface area contributed by atoms with Gasteiger partial charge in [-0.15, -0.1) is 0 Å². The summed E-state index contributed by atoms with van der Waals surface area (Å²) >= 11 is 0. The van der Waals surface area contributed by atoms with E-state index in [1.807, 2.05) is 13.8 Å². The molecule has 11 heteroatoms. The molecule has 10 nitrogen and oxygen atoms in total. The van der Waals surface area contributed by atoms with E-state index < -0.39 is 16.1 Å². The maximum Gasteiger partial charge on any atom is 0.324 e. The summed E-state index contributed by atoms with van der Waals surface area (Å²) < 4.78 is 38.8. The van der Waals surface area contributed by atoms with Gasteiger partial charge in [-0.3, -0.25) is 10.1 Å². The third-order valence-corrected chi connectivity index (χ3v) is 6.73. The Morgan fingerprint density at radius 1 is 1.29 bits per heavy atom. The predicted molar refractivity (Wildman–Crippen MR) is 113 cm³/mol. The van der Waals surface area contributed by atoms with Gasteiger partial charge in [0.1, 0.15) is 12.2 Å². The second kappa shape index (κ2) is 10.4. The van der Waals surface area contributed by atoms with Crippen LogP contribution in [0.25, 0.3) is 0 Å². The third kappa shape index (κ3) is 7.80. The average Bonchev–Trinajstić information content (AvgIpc) is 3.29. The summed E-state index contributed by atoms with van der Waals surface area (Å²) in [6, 6.07) is 0.801. The molecule has 2 fully saturated rings. The Morgan fingerprint density at radius 3 is 2.71 bits per heavy atom. The van der Waals surface area contributed by atoms with E-state index in [-0.39, 0.29) is 30.2 Å². The van der Waals surface area contributed by atoms with Crippen molar-refractivity contribution >= 4 is 22.0 Å². The predicted octanol–water partition coefficient (Wildman–Crippen LogP) is 2.19. The van der Waals surface area contributed by atoms with Gasteiger partial charge in [0.25, 0.3) is 0 Å². The van der Waals surface area contributed by atoms with E-state index in [1.54, 1.807) is 6.07 Å². The Kier molecular flexibility index (Phi) is 7.93. The molecular weight excluding hydrogens is 424 g/mol. The van der Waals surface area contributed by atoms with Crippen molar-refractivity contribution < 1.29 is 27.3 Å². The topological polar surface area (TPSA) is 131 Å². The van der Waals surface area contributed by atoms with Crippen molar-refractivity contribution in [2.45, 2.75) is 58.4 Å². The number of rotatable bonds is 14. The SMILES string of the molecule is CC(C)C[C@@H](NS(=O)(=O)CCCCCN1CC(=O)NC1=O)c1cc(OCC2CC2)on1. The molecule has 1 aliphatic heterocycles. The van der Waals surface area contributed by atoms with Gasteiger partial charge in [-0.25, -0.2) is 17.9 Å². The standard InChI is InChI=1S/C20H32N4O6S/c1-14(2)10-17(16-11-19(30-22-16)29-13-15-6-7-15)23-31(27,28)9-5-3-4-8-24-12-18(25)21-20(24)26/h11,14-15,17,23H,3-10,12-13H2,1-2H3,(H,21,25,26)/t17-/m1/s1. The third-order valence-electron chi connectivity index (χ3n) is 5.26. The van der Waals surface area contributed by atoms with E-state index in [2.05, 4.69) is 15.2 Å². The van der Waals surface area contributed by atoms with Crippen LogP contribution in [0.1, 0.15) is 64.1 Å². The number of carbonyl (C=O) groups excluding carboxylic acids is 2. The van der Waals surface area contributed by atoms with Crippen LogP contribution >= 0.6 is 0 Å². The largest absolute Gasteiger partial charge is 0.463 e. The number of amides is 3. The quantitative estimate of drug-likeness (QED) is 0.324. The molecule has 31 heavy (non-hydrogen) atoms. The van der Waals surface area contributed by atoms with Crippen LogP contribution in [-0.2, 0) is 14.8 Å². The second-order valence-corrected chi connectivity index (χ2v) is 10.7. The molecule has 0 radical (unpaired) electrons. The van der Waals surface area contributed by atoms with Gasteiger partial charge in [0.2, 0.25) is 15.9 Å². The van der Waals surface area contributed by atoms with E-state index in [0.717, 1.165) is 0 Å². The molecule has 174 valence electrons. The fraction of sp³-hybridized carbons (Fsp3) is 0.750. The lowest BCUT2D eigenvalue weighted by Gasteiger charge is -2.18. The van der Waals surface area contributed by atoms with Crippen LogP contribution in [0.15, 0.2) is 10.6 Å². The summed E-state index contributed by atoms with van der Waals surface area (Å²) in [6.07, 6.45) is 4.65. The molecule has 1 saturated carbocycles. The van der Waals surface area contributed by atoms with Crippen LogP contribution < -0.4 is 14.8 Å². The zero-order valence-corrected chi connectivity index (χ0v) is 18.9. The van der Waals surface area contributed by atoms with E-state index in [9.17, 15) is 18.0 Å².